The third-order valence-electron chi connectivity index (χ3n) is 2.54. The average Bonchev–Trinajstić information content (AvgIpc) is 2.26. The summed E-state index contributed by atoms with van der Waals surface area (Å²) in [5.41, 5.74) is 0. The van der Waals surface area contributed by atoms with E-state index in [4.69, 9.17) is 3.07 Å². The molecule has 0 radical (unpaired) electrons. The van der Waals surface area contributed by atoms with E-state index in [2.05, 4.69) is 4.74 Å². The molecule has 0 saturated heterocycles. The van der Waals surface area contributed by atoms with Gasteiger partial charge < -0.3 is 12.9 Å². The fourth-order valence-corrected chi connectivity index (χ4v) is 1.72. The van der Waals surface area contributed by atoms with Crippen molar-refractivity contribution in [3.05, 3.63) is 0 Å². The second-order valence-electron chi connectivity index (χ2n) is 4.02. The molecule has 0 aliphatic rings. The zero-order chi connectivity index (χ0) is 13.5. The molecule has 0 saturated carbocycles. The van der Waals surface area contributed by atoms with E-state index in [1.54, 1.807) is 23.0 Å². The Morgan fingerprint density at radius 3 is 2.24 bits per heavy atom. The van der Waals surface area contributed by atoms with Crippen LogP contribution in [-0.4, -0.2) is 30.8 Å². The van der Waals surface area contributed by atoms with Crippen molar-refractivity contribution in [2.24, 2.45) is 5.92 Å². The lowest BCUT2D eigenvalue weighted by Gasteiger charge is -2.23. The molecule has 2 unspecified atom stereocenters. The molecule has 3 nitrogen and oxygen atoms in total. The van der Waals surface area contributed by atoms with Crippen LogP contribution in [0, 0.1) is 5.92 Å². The van der Waals surface area contributed by atoms with Gasteiger partial charge in [-0.1, -0.05) is 0 Å². The monoisotopic (exact) mass is 370 g/mol. The largest absolute Gasteiger partial charge is 0.389 e. The predicted molar refractivity (Wildman–Crippen MR) is 65.6 cm³/mol. The van der Waals surface area contributed by atoms with Crippen LogP contribution in [0.5, 0.6) is 0 Å². The number of rotatable bonds is 8. The minimum Gasteiger partial charge on any atom is -0.368 e. The number of halogens is 4. The van der Waals surface area contributed by atoms with Crippen molar-refractivity contribution in [3.63, 3.8) is 0 Å². The van der Waals surface area contributed by atoms with Crippen molar-refractivity contribution in [2.45, 2.75) is 51.2 Å². The van der Waals surface area contributed by atoms with Crippen molar-refractivity contribution in [1.82, 2.24) is 0 Å². The highest BCUT2D eigenvalue weighted by molar-refractivity contribution is 14.1. The summed E-state index contributed by atoms with van der Waals surface area (Å²) in [6.07, 6.45) is -5.41. The first kappa shape index (κ1) is 17.4. The molecule has 0 aliphatic carbocycles. The SMILES string of the molecule is COC(O)C(CC[C@H](C)OI)CCC(F)(F)F. The third kappa shape index (κ3) is 9.04. The highest BCUT2D eigenvalue weighted by atomic mass is 127. The molecule has 0 aromatic rings. The summed E-state index contributed by atoms with van der Waals surface area (Å²) < 4.78 is 46.0. The predicted octanol–water partition coefficient (Wildman–Crippen LogP) is 3.45. The smallest absolute Gasteiger partial charge is 0.368 e. The lowest BCUT2D eigenvalue weighted by atomic mass is 9.95. The van der Waals surface area contributed by atoms with Crippen molar-refractivity contribution < 1.29 is 26.1 Å². The van der Waals surface area contributed by atoms with E-state index in [1.165, 1.54) is 7.11 Å². The number of ether oxygens (including phenoxy) is 1. The van der Waals surface area contributed by atoms with E-state index in [0.29, 0.717) is 12.8 Å². The lowest BCUT2D eigenvalue weighted by molar-refractivity contribution is -0.154. The molecule has 1 N–H and O–H groups in total. The molecule has 0 amide bonds. The first-order valence-electron chi connectivity index (χ1n) is 5.35. The maximum atomic E-state index is 12.1. The van der Waals surface area contributed by atoms with Crippen LogP contribution < -0.4 is 0 Å². The molecule has 104 valence electrons. The van der Waals surface area contributed by atoms with Gasteiger partial charge in [0.1, 0.15) is 23.0 Å². The summed E-state index contributed by atoms with van der Waals surface area (Å²) in [5.74, 6) is -0.518. The van der Waals surface area contributed by atoms with Gasteiger partial charge in [0.2, 0.25) is 0 Å². The second-order valence-corrected chi connectivity index (χ2v) is 4.53. The maximum Gasteiger partial charge on any atom is 0.389 e. The Balaban J connectivity index is 4.15. The Bertz CT molecular complexity index is 202. The fraction of sp³-hybridized carbons (Fsp3) is 1.00. The normalized spacial score (nSPS) is 17.8. The standard InChI is InChI=1S/C10H18F3IO3/c1-7(17-14)3-4-8(9(15)16-2)5-6-10(11,12)13/h7-9,15H,3-6H2,1-2H3/t7-,8?,9?/m0/s1. The highest BCUT2D eigenvalue weighted by Gasteiger charge is 2.30. The molecule has 0 aliphatic heterocycles. The van der Waals surface area contributed by atoms with E-state index < -0.39 is 24.8 Å². The van der Waals surface area contributed by atoms with E-state index >= 15 is 0 Å². The van der Waals surface area contributed by atoms with Gasteiger partial charge in [-0.15, -0.1) is 0 Å². The molecule has 3 atom stereocenters. The van der Waals surface area contributed by atoms with Crippen LogP contribution in [0.3, 0.4) is 0 Å². The molecule has 0 heterocycles. The average molecular weight is 370 g/mol. The maximum absolute atomic E-state index is 12.1. The Labute approximate surface area is 113 Å². The highest BCUT2D eigenvalue weighted by Crippen LogP contribution is 2.28. The van der Waals surface area contributed by atoms with Crippen LogP contribution >= 0.6 is 23.0 Å². The van der Waals surface area contributed by atoms with Crippen molar-refractivity contribution in [3.8, 4) is 0 Å². The van der Waals surface area contributed by atoms with Crippen LogP contribution in [0.15, 0.2) is 0 Å². The minimum absolute atomic E-state index is 0.0481. The number of hydrogen-bond donors (Lipinski definition) is 1. The molecule has 0 aromatic carbocycles. The van der Waals surface area contributed by atoms with Crippen LogP contribution in [0.2, 0.25) is 0 Å². The number of hydrogen-bond acceptors (Lipinski definition) is 3. The van der Waals surface area contributed by atoms with Crippen LogP contribution in [0.4, 0.5) is 13.2 Å². The molecule has 0 spiro atoms. The number of aliphatic hydroxyl groups excluding tert-OH is 1. The summed E-state index contributed by atoms with van der Waals surface area (Å²) in [6.45, 7) is 1.83. The van der Waals surface area contributed by atoms with Gasteiger partial charge in [-0.05, 0) is 26.2 Å². The molecule has 0 bridgehead atoms. The van der Waals surface area contributed by atoms with Crippen LogP contribution in [0.1, 0.15) is 32.6 Å². The fourth-order valence-electron chi connectivity index (χ4n) is 1.46. The summed E-state index contributed by atoms with van der Waals surface area (Å²) in [7, 11) is 1.28. The van der Waals surface area contributed by atoms with Crippen LogP contribution in [0.25, 0.3) is 0 Å². The van der Waals surface area contributed by atoms with Gasteiger partial charge in [0.05, 0.1) is 6.10 Å². The molecular formula is C10H18F3IO3. The van der Waals surface area contributed by atoms with Crippen molar-refractivity contribution >= 4 is 23.0 Å². The summed E-state index contributed by atoms with van der Waals surface area (Å²) in [4.78, 5) is 0. The first-order valence-corrected chi connectivity index (χ1v) is 6.23. The second kappa shape index (κ2) is 8.49. The van der Waals surface area contributed by atoms with E-state index in [9.17, 15) is 18.3 Å². The number of methoxy groups -OCH3 is 1. The topological polar surface area (TPSA) is 38.7 Å². The van der Waals surface area contributed by atoms with Gasteiger partial charge in [-0.3, -0.25) is 0 Å². The summed E-state index contributed by atoms with van der Waals surface area (Å²) in [6, 6.07) is 0. The molecule has 0 rings (SSSR count). The molecule has 0 fully saturated rings. The minimum atomic E-state index is -4.20. The Morgan fingerprint density at radius 1 is 1.24 bits per heavy atom. The van der Waals surface area contributed by atoms with Crippen molar-refractivity contribution in [1.29, 1.82) is 0 Å². The van der Waals surface area contributed by atoms with Crippen LogP contribution in [-0.2, 0) is 7.80 Å². The molecule has 0 aromatic heterocycles. The number of aliphatic hydroxyl groups is 1. The Hall–Kier alpha value is 0.400. The van der Waals surface area contributed by atoms with Gasteiger partial charge >= 0.3 is 6.18 Å². The van der Waals surface area contributed by atoms with E-state index in [1.807, 2.05) is 6.92 Å². The summed E-state index contributed by atoms with van der Waals surface area (Å²) in [5, 5.41) is 9.47. The zero-order valence-corrected chi connectivity index (χ0v) is 12.0. The molecule has 17 heavy (non-hydrogen) atoms. The number of alkyl halides is 3. The van der Waals surface area contributed by atoms with E-state index in [-0.39, 0.29) is 12.5 Å². The van der Waals surface area contributed by atoms with Crippen molar-refractivity contribution in [2.75, 3.05) is 7.11 Å². The Morgan fingerprint density at radius 2 is 1.82 bits per heavy atom. The first-order chi connectivity index (χ1) is 7.80. The molecule has 7 heteroatoms. The van der Waals surface area contributed by atoms with Gasteiger partial charge in [0.25, 0.3) is 0 Å². The zero-order valence-electron chi connectivity index (χ0n) is 9.84. The third-order valence-corrected chi connectivity index (χ3v) is 3.41. The summed E-state index contributed by atoms with van der Waals surface area (Å²) >= 11 is 1.75. The van der Waals surface area contributed by atoms with Gasteiger partial charge in [0.15, 0.2) is 6.29 Å². The van der Waals surface area contributed by atoms with E-state index in [0.717, 1.165) is 0 Å². The van der Waals surface area contributed by atoms with Gasteiger partial charge in [-0.2, -0.15) is 13.2 Å². The van der Waals surface area contributed by atoms with Gasteiger partial charge in [-0.25, -0.2) is 0 Å². The quantitative estimate of drug-likeness (QED) is 0.526. The lowest BCUT2D eigenvalue weighted by Crippen LogP contribution is -2.25. The molecular weight excluding hydrogens is 352 g/mol. The van der Waals surface area contributed by atoms with Gasteiger partial charge in [0, 0.05) is 19.4 Å². The Kier molecular flexibility index (Phi) is 8.69.